The number of para-hydroxylation sites is 2. The second-order valence-corrected chi connectivity index (χ2v) is 9.15. The first-order valence-corrected chi connectivity index (χ1v) is 10.8. The molecule has 0 fully saturated rings. The molecule has 2 heteroatoms. The molecular weight excluding hydrogens is 393 g/mol. The Bertz CT molecular complexity index is 1330. The maximum absolute atomic E-state index is 2.40. The van der Waals surface area contributed by atoms with Crippen molar-refractivity contribution in [3.05, 3.63) is 102 Å². The van der Waals surface area contributed by atoms with E-state index in [1.165, 1.54) is 47.5 Å². The molecule has 3 aromatic carbocycles. The third-order valence-corrected chi connectivity index (χ3v) is 7.73. The molecule has 1 aliphatic carbocycles. The molecule has 0 radical (unpaired) electrons. The van der Waals surface area contributed by atoms with Crippen LogP contribution in [0.25, 0.3) is 30.8 Å². The fourth-order valence-corrected chi connectivity index (χ4v) is 6.26. The minimum atomic E-state index is 0.343. The average Bonchev–Trinajstić information content (AvgIpc) is 3.06. The van der Waals surface area contributed by atoms with Gasteiger partial charge in [0.15, 0.2) is 0 Å². The van der Waals surface area contributed by atoms with Gasteiger partial charge in [0, 0.05) is 0 Å². The van der Waals surface area contributed by atoms with Crippen molar-refractivity contribution in [3.8, 4) is 21.1 Å². The quantitative estimate of drug-likeness (QED) is 0.179. The fourth-order valence-electron chi connectivity index (χ4n) is 4.05. The van der Waals surface area contributed by atoms with E-state index in [4.69, 9.17) is 0 Å². The number of hydrogen-bond donors (Lipinski definition) is 0. The Morgan fingerprint density at radius 2 is 1.26 bits per heavy atom. The standard InChI is InChI=1S/C25H16NSe/c1-6-12-24-17(7-1)15-18-13-14-19(16-25(18)27-24)26-22-10-4-2-8-20(22)21-9-3-5-11-23(21)26/h1-16H/q+1. The molecule has 126 valence electrons. The van der Waals surface area contributed by atoms with E-state index >= 15 is 0 Å². The molecule has 6 rings (SSSR count). The van der Waals surface area contributed by atoms with Gasteiger partial charge in [-0.2, -0.15) is 0 Å². The molecular formula is C25H16NSe+. The van der Waals surface area contributed by atoms with Crippen LogP contribution in [0.1, 0.15) is 0 Å². The van der Waals surface area contributed by atoms with Crippen LogP contribution in [0.4, 0.5) is 11.4 Å². The summed E-state index contributed by atoms with van der Waals surface area (Å²) in [4.78, 5) is 0. The van der Waals surface area contributed by atoms with Gasteiger partial charge in [-0.1, -0.05) is 0 Å². The van der Waals surface area contributed by atoms with Crippen molar-refractivity contribution < 1.29 is 0 Å². The van der Waals surface area contributed by atoms with E-state index in [-0.39, 0.29) is 0 Å². The van der Waals surface area contributed by atoms with Crippen LogP contribution in [0, 0.1) is 0 Å². The van der Waals surface area contributed by atoms with Crippen molar-refractivity contribution in [1.29, 1.82) is 0 Å². The van der Waals surface area contributed by atoms with Crippen LogP contribution in [-0.4, -0.2) is 14.5 Å². The SMILES string of the molecule is c1ccc2c(c1)-c1ccccc1[N+]2=c1ccc2cc3ccccc3[se]c-2c1. The summed E-state index contributed by atoms with van der Waals surface area (Å²) in [6.45, 7) is 0. The van der Waals surface area contributed by atoms with Gasteiger partial charge in [0.2, 0.25) is 0 Å². The molecule has 0 saturated carbocycles. The molecule has 2 heterocycles. The van der Waals surface area contributed by atoms with Gasteiger partial charge in [0.05, 0.1) is 0 Å². The molecule has 0 spiro atoms. The van der Waals surface area contributed by atoms with Crippen LogP contribution in [0.15, 0.2) is 97.1 Å². The van der Waals surface area contributed by atoms with Crippen LogP contribution in [0.2, 0.25) is 0 Å². The minimum absolute atomic E-state index is 0.343. The van der Waals surface area contributed by atoms with Crippen molar-refractivity contribution in [2.45, 2.75) is 0 Å². The van der Waals surface area contributed by atoms with Gasteiger partial charge in [-0.25, -0.2) is 0 Å². The third-order valence-electron chi connectivity index (χ3n) is 5.29. The van der Waals surface area contributed by atoms with Gasteiger partial charge in [0.25, 0.3) is 0 Å². The van der Waals surface area contributed by atoms with E-state index < -0.39 is 0 Å². The fraction of sp³-hybridized carbons (Fsp3) is 0. The van der Waals surface area contributed by atoms with Crippen molar-refractivity contribution >= 4 is 35.5 Å². The Morgan fingerprint density at radius 3 is 2.04 bits per heavy atom. The van der Waals surface area contributed by atoms with Crippen LogP contribution >= 0.6 is 0 Å². The topological polar surface area (TPSA) is 3.01 Å². The molecule has 27 heavy (non-hydrogen) atoms. The monoisotopic (exact) mass is 410 g/mol. The molecule has 0 N–H and O–H groups in total. The molecule has 0 amide bonds. The van der Waals surface area contributed by atoms with Gasteiger partial charge in [-0.15, -0.1) is 0 Å². The van der Waals surface area contributed by atoms with Gasteiger partial charge in [-0.3, -0.25) is 0 Å². The van der Waals surface area contributed by atoms with E-state index in [2.05, 4.69) is 102 Å². The van der Waals surface area contributed by atoms with Crippen LogP contribution in [0.5, 0.6) is 0 Å². The van der Waals surface area contributed by atoms with Gasteiger partial charge < -0.3 is 0 Å². The third kappa shape index (κ3) is 2.28. The van der Waals surface area contributed by atoms with Gasteiger partial charge in [0.1, 0.15) is 0 Å². The van der Waals surface area contributed by atoms with E-state index in [0.29, 0.717) is 14.5 Å². The second-order valence-electron chi connectivity index (χ2n) is 6.88. The second kappa shape index (κ2) is 5.79. The Morgan fingerprint density at radius 1 is 0.593 bits per heavy atom. The summed E-state index contributed by atoms with van der Waals surface area (Å²) in [5.41, 5.74) is 6.53. The first kappa shape index (κ1) is 15.2. The molecule has 0 atom stereocenters. The summed E-state index contributed by atoms with van der Waals surface area (Å²) < 4.78 is 5.33. The van der Waals surface area contributed by atoms with Gasteiger partial charge >= 0.3 is 164 Å². The summed E-state index contributed by atoms with van der Waals surface area (Å²) in [5, 5.41) is 2.62. The number of rotatable bonds is 0. The Labute approximate surface area is 163 Å². The first-order chi connectivity index (χ1) is 13.4. The molecule has 0 bridgehead atoms. The zero-order valence-corrected chi connectivity index (χ0v) is 16.3. The molecule has 3 aromatic rings. The summed E-state index contributed by atoms with van der Waals surface area (Å²) >= 11 is 0.343. The van der Waals surface area contributed by atoms with E-state index in [1.807, 2.05) is 0 Å². The number of hydrogen-bond acceptors (Lipinski definition) is 0. The summed E-state index contributed by atoms with van der Waals surface area (Å²) in [7, 11) is 0. The molecule has 0 aromatic heterocycles. The molecule has 3 aliphatic rings. The molecule has 0 saturated heterocycles. The number of nitrogens with zero attached hydrogens (tertiary/aromatic N) is 1. The van der Waals surface area contributed by atoms with Crippen molar-refractivity contribution in [2.24, 2.45) is 0 Å². The zero-order chi connectivity index (χ0) is 17.8. The van der Waals surface area contributed by atoms with Crippen LogP contribution in [0.3, 0.4) is 0 Å². The Balaban J connectivity index is 1.73. The predicted octanol–water partition coefficient (Wildman–Crippen LogP) is 5.42. The Kier molecular flexibility index (Phi) is 3.25. The average molecular weight is 409 g/mol. The van der Waals surface area contributed by atoms with Crippen LogP contribution < -0.4 is 9.93 Å². The first-order valence-electron chi connectivity index (χ1n) is 9.13. The maximum atomic E-state index is 2.40. The van der Waals surface area contributed by atoms with E-state index in [1.54, 1.807) is 0 Å². The zero-order valence-electron chi connectivity index (χ0n) is 14.6. The normalized spacial score (nSPS) is 12.4. The predicted molar refractivity (Wildman–Crippen MR) is 114 cm³/mol. The van der Waals surface area contributed by atoms with E-state index in [0.717, 1.165) is 0 Å². The van der Waals surface area contributed by atoms with E-state index in [9.17, 15) is 0 Å². The Hall–Kier alpha value is -2.93. The molecule has 0 unspecified atom stereocenters. The van der Waals surface area contributed by atoms with Crippen molar-refractivity contribution in [3.63, 3.8) is 0 Å². The van der Waals surface area contributed by atoms with Gasteiger partial charge in [-0.05, 0) is 0 Å². The molecule has 1 nitrogen and oxygen atoms in total. The number of fused-ring (bicyclic) bond motifs is 5. The summed E-state index contributed by atoms with van der Waals surface area (Å²) in [6, 6.07) is 35.4. The molecule has 2 aliphatic heterocycles. The summed E-state index contributed by atoms with van der Waals surface area (Å²) in [5.74, 6) is 0. The van der Waals surface area contributed by atoms with Crippen LogP contribution in [-0.2, 0) is 0 Å². The number of benzene rings is 4. The van der Waals surface area contributed by atoms with Crippen molar-refractivity contribution in [1.82, 2.24) is 4.58 Å². The van der Waals surface area contributed by atoms with Crippen molar-refractivity contribution in [2.75, 3.05) is 0 Å². The summed E-state index contributed by atoms with van der Waals surface area (Å²) in [6.07, 6.45) is 0.